The number of aromatic nitrogens is 2. The fourth-order valence-corrected chi connectivity index (χ4v) is 1.71. The predicted molar refractivity (Wildman–Crippen MR) is 68.7 cm³/mol. The lowest BCUT2D eigenvalue weighted by Crippen LogP contribution is -2.20. The van der Waals surface area contributed by atoms with Crippen LogP contribution in [0, 0.1) is 6.92 Å². The van der Waals surface area contributed by atoms with Crippen molar-refractivity contribution in [1.82, 2.24) is 9.78 Å². The highest BCUT2D eigenvalue weighted by molar-refractivity contribution is 5.91. The van der Waals surface area contributed by atoms with Crippen LogP contribution in [0.15, 0.2) is 30.3 Å². The van der Waals surface area contributed by atoms with Crippen molar-refractivity contribution in [3.63, 3.8) is 0 Å². The van der Waals surface area contributed by atoms with Crippen LogP contribution in [-0.2, 0) is 17.5 Å². The topological polar surface area (TPSA) is 67.2 Å². The number of aryl methyl sites for hydroxylation is 1. The molecule has 0 fully saturated rings. The molecule has 8 heteroatoms. The summed E-state index contributed by atoms with van der Waals surface area (Å²) in [6.07, 6.45) is -4.55. The first-order valence-corrected chi connectivity index (χ1v) is 5.97. The molecule has 112 valence electrons. The Kier molecular flexibility index (Phi) is 3.88. The number of alkyl halides is 3. The van der Waals surface area contributed by atoms with Gasteiger partial charge in [-0.2, -0.15) is 18.3 Å². The van der Waals surface area contributed by atoms with E-state index in [0.29, 0.717) is 0 Å². The molecule has 2 aromatic rings. The minimum atomic E-state index is -4.55. The third-order valence-corrected chi connectivity index (χ3v) is 2.74. The summed E-state index contributed by atoms with van der Waals surface area (Å²) in [4.78, 5) is 11.8. The number of benzene rings is 1. The third-order valence-electron chi connectivity index (χ3n) is 2.74. The van der Waals surface area contributed by atoms with E-state index in [1.807, 2.05) is 0 Å². The molecular formula is C13H12F3N3O2. The van der Waals surface area contributed by atoms with Gasteiger partial charge in [0, 0.05) is 5.69 Å². The van der Waals surface area contributed by atoms with Crippen LogP contribution in [-0.4, -0.2) is 20.8 Å². The Bertz CT molecular complexity index is 665. The molecule has 0 bridgehead atoms. The number of nitrogens with zero attached hydrogens (tertiary/aromatic N) is 2. The zero-order chi connectivity index (χ0) is 15.6. The molecule has 0 aliphatic rings. The number of rotatable bonds is 3. The van der Waals surface area contributed by atoms with Crippen molar-refractivity contribution in [2.24, 2.45) is 0 Å². The zero-order valence-corrected chi connectivity index (χ0v) is 11.0. The largest absolute Gasteiger partial charge is 0.506 e. The number of carbonyl (C=O) groups excluding carboxylic acids is 1. The summed E-state index contributed by atoms with van der Waals surface area (Å²) in [5.74, 6) is -0.713. The Hall–Kier alpha value is -2.51. The number of hydrogen-bond acceptors (Lipinski definition) is 3. The van der Waals surface area contributed by atoms with Crippen molar-refractivity contribution in [2.75, 3.05) is 5.32 Å². The molecule has 2 N–H and O–H groups in total. The summed E-state index contributed by atoms with van der Waals surface area (Å²) in [5, 5.41) is 15.3. The Balaban J connectivity index is 2.10. The first-order chi connectivity index (χ1) is 9.77. The van der Waals surface area contributed by atoms with Gasteiger partial charge in [0.2, 0.25) is 5.91 Å². The maximum absolute atomic E-state index is 12.5. The van der Waals surface area contributed by atoms with E-state index >= 15 is 0 Å². The summed E-state index contributed by atoms with van der Waals surface area (Å²) in [7, 11) is 0. The lowest BCUT2D eigenvalue weighted by atomic mass is 10.3. The third kappa shape index (κ3) is 3.53. The minimum absolute atomic E-state index is 0.126. The molecule has 0 radical (unpaired) electrons. The standard InChI is InChI=1S/C13H12F3N3O2/c1-8-6-11(13(14,15)16)18-19(8)7-12(21)17-9-4-2-3-5-10(9)20/h2-6,20H,7H2,1H3,(H,17,21). The molecule has 1 aromatic carbocycles. The Morgan fingerprint density at radius 2 is 2.05 bits per heavy atom. The number of anilines is 1. The second kappa shape index (κ2) is 5.47. The maximum atomic E-state index is 12.5. The molecule has 0 aliphatic heterocycles. The number of carbonyl (C=O) groups is 1. The number of amides is 1. The lowest BCUT2D eigenvalue weighted by molar-refractivity contribution is -0.141. The first-order valence-electron chi connectivity index (χ1n) is 5.97. The van der Waals surface area contributed by atoms with Gasteiger partial charge in [-0.3, -0.25) is 9.48 Å². The van der Waals surface area contributed by atoms with Crippen molar-refractivity contribution in [3.05, 3.63) is 41.7 Å². The number of phenols is 1. The van der Waals surface area contributed by atoms with Crippen molar-refractivity contribution >= 4 is 11.6 Å². The molecule has 0 spiro atoms. The van der Waals surface area contributed by atoms with Gasteiger partial charge in [-0.15, -0.1) is 0 Å². The van der Waals surface area contributed by atoms with Crippen LogP contribution in [0.1, 0.15) is 11.4 Å². The lowest BCUT2D eigenvalue weighted by Gasteiger charge is -2.08. The average molecular weight is 299 g/mol. The summed E-state index contributed by atoms with van der Waals surface area (Å²) in [5.41, 5.74) is -0.645. The van der Waals surface area contributed by atoms with Gasteiger partial charge in [0.25, 0.3) is 0 Å². The minimum Gasteiger partial charge on any atom is -0.506 e. The van der Waals surface area contributed by atoms with Gasteiger partial charge in [-0.25, -0.2) is 0 Å². The normalized spacial score (nSPS) is 11.4. The molecule has 0 unspecified atom stereocenters. The zero-order valence-electron chi connectivity index (χ0n) is 11.0. The highest BCUT2D eigenvalue weighted by Gasteiger charge is 2.34. The van der Waals surface area contributed by atoms with Crippen LogP contribution < -0.4 is 5.32 Å². The number of halogens is 3. The summed E-state index contributed by atoms with van der Waals surface area (Å²) in [6.45, 7) is 1.05. The van der Waals surface area contributed by atoms with Crippen LogP contribution >= 0.6 is 0 Å². The molecule has 1 aromatic heterocycles. The van der Waals surface area contributed by atoms with E-state index in [4.69, 9.17) is 0 Å². The van der Waals surface area contributed by atoms with Crippen LogP contribution in [0.2, 0.25) is 0 Å². The number of phenolic OH excluding ortho intramolecular Hbond substituents is 1. The van der Waals surface area contributed by atoms with Crippen molar-refractivity contribution < 1.29 is 23.1 Å². The first kappa shape index (κ1) is 14.9. The molecule has 2 rings (SSSR count). The fourth-order valence-electron chi connectivity index (χ4n) is 1.71. The molecule has 21 heavy (non-hydrogen) atoms. The van der Waals surface area contributed by atoms with Gasteiger partial charge < -0.3 is 10.4 Å². The van der Waals surface area contributed by atoms with Crippen LogP contribution in [0.25, 0.3) is 0 Å². The fraction of sp³-hybridized carbons (Fsp3) is 0.231. The molecular weight excluding hydrogens is 287 g/mol. The molecule has 0 aliphatic carbocycles. The second-order valence-corrected chi connectivity index (χ2v) is 4.39. The van der Waals surface area contributed by atoms with Crippen molar-refractivity contribution in [2.45, 2.75) is 19.6 Å². The number of para-hydroxylation sites is 2. The van der Waals surface area contributed by atoms with Crippen molar-refractivity contribution in [1.29, 1.82) is 0 Å². The molecule has 1 heterocycles. The van der Waals surface area contributed by atoms with Gasteiger partial charge in [0.05, 0.1) is 5.69 Å². The van der Waals surface area contributed by atoms with E-state index in [1.54, 1.807) is 12.1 Å². The Morgan fingerprint density at radius 1 is 1.38 bits per heavy atom. The van der Waals surface area contributed by atoms with Gasteiger partial charge in [-0.05, 0) is 25.1 Å². The van der Waals surface area contributed by atoms with Gasteiger partial charge in [-0.1, -0.05) is 12.1 Å². The monoisotopic (exact) mass is 299 g/mol. The molecule has 0 saturated heterocycles. The Labute approximate surface area is 118 Å². The quantitative estimate of drug-likeness (QED) is 0.856. The predicted octanol–water partition coefficient (Wildman–Crippen LogP) is 2.55. The van der Waals surface area contributed by atoms with E-state index in [1.165, 1.54) is 19.1 Å². The van der Waals surface area contributed by atoms with Crippen LogP contribution in [0.5, 0.6) is 5.75 Å². The highest BCUT2D eigenvalue weighted by atomic mass is 19.4. The SMILES string of the molecule is Cc1cc(C(F)(F)F)nn1CC(=O)Nc1ccccc1O. The maximum Gasteiger partial charge on any atom is 0.435 e. The summed E-state index contributed by atoms with van der Waals surface area (Å²) >= 11 is 0. The van der Waals surface area contributed by atoms with E-state index in [0.717, 1.165) is 10.7 Å². The van der Waals surface area contributed by atoms with E-state index < -0.39 is 17.8 Å². The molecule has 5 nitrogen and oxygen atoms in total. The average Bonchev–Trinajstić information content (AvgIpc) is 2.74. The van der Waals surface area contributed by atoms with Gasteiger partial charge in [0.1, 0.15) is 12.3 Å². The van der Waals surface area contributed by atoms with Crippen molar-refractivity contribution in [3.8, 4) is 5.75 Å². The van der Waals surface area contributed by atoms with E-state index in [2.05, 4.69) is 10.4 Å². The smallest absolute Gasteiger partial charge is 0.435 e. The van der Waals surface area contributed by atoms with Gasteiger partial charge in [0.15, 0.2) is 5.69 Å². The van der Waals surface area contributed by atoms with Gasteiger partial charge >= 0.3 is 6.18 Å². The molecule has 0 atom stereocenters. The van der Waals surface area contributed by atoms with E-state index in [-0.39, 0.29) is 23.7 Å². The molecule has 0 saturated carbocycles. The highest BCUT2D eigenvalue weighted by Crippen LogP contribution is 2.28. The number of aromatic hydroxyl groups is 1. The number of nitrogens with one attached hydrogen (secondary N) is 1. The summed E-state index contributed by atoms with van der Waals surface area (Å²) < 4.78 is 38.5. The van der Waals surface area contributed by atoms with Crippen LogP contribution in [0.3, 0.4) is 0 Å². The van der Waals surface area contributed by atoms with Crippen LogP contribution in [0.4, 0.5) is 18.9 Å². The molecule has 1 amide bonds. The Morgan fingerprint density at radius 3 is 2.62 bits per heavy atom. The number of hydrogen-bond donors (Lipinski definition) is 2. The second-order valence-electron chi connectivity index (χ2n) is 4.39. The summed E-state index contributed by atoms with van der Waals surface area (Å²) in [6, 6.07) is 6.92. The van der Waals surface area contributed by atoms with E-state index in [9.17, 15) is 23.1 Å².